The normalized spacial score (nSPS) is 12.6. The zero-order chi connectivity index (χ0) is 12.4. The van der Waals surface area contributed by atoms with E-state index < -0.39 is 0 Å². The fraction of sp³-hybridized carbons (Fsp3) is 0.308. The summed E-state index contributed by atoms with van der Waals surface area (Å²) < 4.78 is 1.92. The van der Waals surface area contributed by atoms with Crippen molar-refractivity contribution in [1.29, 1.82) is 0 Å². The lowest BCUT2D eigenvalue weighted by Gasteiger charge is -2.07. The minimum absolute atomic E-state index is 0.360. The van der Waals surface area contributed by atoms with Gasteiger partial charge in [0.25, 0.3) is 0 Å². The lowest BCUT2D eigenvalue weighted by molar-refractivity contribution is 0.479. The fourth-order valence-corrected chi connectivity index (χ4v) is 1.78. The molecule has 90 valence electrons. The van der Waals surface area contributed by atoms with E-state index in [4.69, 9.17) is 17.3 Å². The molecule has 0 saturated carbocycles. The Bertz CT molecular complexity index is 502. The van der Waals surface area contributed by atoms with Crippen LogP contribution < -0.4 is 5.73 Å². The van der Waals surface area contributed by atoms with Gasteiger partial charge in [-0.25, -0.2) is 0 Å². The molecule has 0 aliphatic heterocycles. The first kappa shape index (κ1) is 12.0. The number of hydrogen-bond acceptors (Lipinski definition) is 2. The van der Waals surface area contributed by atoms with Crippen LogP contribution in [0, 0.1) is 0 Å². The van der Waals surface area contributed by atoms with Crippen molar-refractivity contribution in [1.82, 2.24) is 9.78 Å². The number of rotatable bonds is 3. The van der Waals surface area contributed by atoms with Gasteiger partial charge in [-0.3, -0.25) is 4.68 Å². The molecule has 1 aromatic heterocycles. The van der Waals surface area contributed by atoms with Crippen molar-refractivity contribution < 1.29 is 0 Å². The largest absolute Gasteiger partial charge is 0.396 e. The number of anilines is 1. The number of nitrogens with zero attached hydrogens (tertiary/aromatic N) is 2. The molecule has 0 aliphatic carbocycles. The van der Waals surface area contributed by atoms with E-state index in [0.29, 0.717) is 16.8 Å². The molecule has 2 aromatic rings. The average Bonchev–Trinajstić information content (AvgIpc) is 2.71. The molecule has 0 amide bonds. The number of nitrogens with two attached hydrogens (primary N) is 1. The predicted molar refractivity (Wildman–Crippen MR) is 72.1 cm³/mol. The van der Waals surface area contributed by atoms with Gasteiger partial charge in [-0.05, 0) is 25.5 Å². The van der Waals surface area contributed by atoms with E-state index in [1.165, 1.54) is 0 Å². The Hall–Kier alpha value is -1.48. The Labute approximate surface area is 106 Å². The summed E-state index contributed by atoms with van der Waals surface area (Å²) in [4.78, 5) is 0. The molecule has 0 saturated heterocycles. The van der Waals surface area contributed by atoms with Crippen molar-refractivity contribution in [3.63, 3.8) is 0 Å². The third kappa shape index (κ3) is 2.44. The topological polar surface area (TPSA) is 43.8 Å². The predicted octanol–water partition coefficient (Wildman–Crippen LogP) is 3.76. The van der Waals surface area contributed by atoms with Crippen molar-refractivity contribution in [3.05, 3.63) is 35.5 Å². The lowest BCUT2D eigenvalue weighted by Crippen LogP contribution is -2.04. The molecule has 0 spiro atoms. The molecule has 2 rings (SSSR count). The van der Waals surface area contributed by atoms with E-state index >= 15 is 0 Å². The van der Waals surface area contributed by atoms with Crippen LogP contribution >= 0.6 is 11.6 Å². The first-order valence-electron chi connectivity index (χ1n) is 5.72. The van der Waals surface area contributed by atoms with Crippen molar-refractivity contribution in [2.45, 2.75) is 26.3 Å². The van der Waals surface area contributed by atoms with E-state index in [1.807, 2.05) is 35.1 Å². The second kappa shape index (κ2) is 4.80. The highest BCUT2D eigenvalue weighted by Gasteiger charge is 2.11. The molecule has 2 N–H and O–H groups in total. The molecule has 0 aliphatic rings. The maximum absolute atomic E-state index is 5.99. The van der Waals surface area contributed by atoms with E-state index in [2.05, 4.69) is 18.9 Å². The van der Waals surface area contributed by atoms with Gasteiger partial charge in [-0.15, -0.1) is 0 Å². The third-order valence-electron chi connectivity index (χ3n) is 2.92. The number of nitrogen functional groups attached to an aromatic ring is 1. The molecular weight excluding hydrogens is 234 g/mol. The van der Waals surface area contributed by atoms with Crippen LogP contribution in [0.25, 0.3) is 11.3 Å². The summed E-state index contributed by atoms with van der Waals surface area (Å²) in [5, 5.41) is 5.25. The summed E-state index contributed by atoms with van der Waals surface area (Å²) in [7, 11) is 0. The maximum Gasteiger partial charge on any atom is 0.115 e. The highest BCUT2D eigenvalue weighted by molar-refractivity contribution is 6.30. The lowest BCUT2D eigenvalue weighted by atomic mass is 10.1. The molecule has 1 atom stereocenters. The SMILES string of the molecule is CCC(C)n1cc(N)c(-c2ccc(Cl)cc2)n1. The molecule has 1 heterocycles. The Balaban J connectivity index is 2.39. The van der Waals surface area contributed by atoms with Gasteiger partial charge < -0.3 is 5.73 Å². The molecule has 3 nitrogen and oxygen atoms in total. The van der Waals surface area contributed by atoms with Crippen LogP contribution in [0.4, 0.5) is 5.69 Å². The quantitative estimate of drug-likeness (QED) is 0.900. The van der Waals surface area contributed by atoms with Crippen molar-refractivity contribution in [2.24, 2.45) is 0 Å². The van der Waals surface area contributed by atoms with Crippen LogP contribution in [0.1, 0.15) is 26.3 Å². The maximum atomic E-state index is 5.99. The minimum atomic E-state index is 0.360. The first-order chi connectivity index (χ1) is 8.11. The Morgan fingerprint density at radius 1 is 1.35 bits per heavy atom. The van der Waals surface area contributed by atoms with Gasteiger partial charge in [0.1, 0.15) is 5.69 Å². The molecule has 0 bridgehead atoms. The summed E-state index contributed by atoms with van der Waals surface area (Å²) in [6, 6.07) is 7.92. The smallest absolute Gasteiger partial charge is 0.115 e. The van der Waals surface area contributed by atoms with Gasteiger partial charge in [0.2, 0.25) is 0 Å². The minimum Gasteiger partial charge on any atom is -0.396 e. The number of hydrogen-bond donors (Lipinski definition) is 1. The molecule has 4 heteroatoms. The van der Waals surface area contributed by atoms with E-state index in [9.17, 15) is 0 Å². The summed E-state index contributed by atoms with van der Waals surface area (Å²) in [5.41, 5.74) is 8.50. The molecular formula is C13H16ClN3. The van der Waals surface area contributed by atoms with Crippen LogP contribution in [0.3, 0.4) is 0 Å². The number of benzene rings is 1. The summed E-state index contributed by atoms with van der Waals surface area (Å²) in [6.07, 6.45) is 2.92. The Morgan fingerprint density at radius 2 is 2.00 bits per heavy atom. The molecule has 0 fully saturated rings. The molecule has 0 radical (unpaired) electrons. The van der Waals surface area contributed by atoms with Gasteiger partial charge in [-0.2, -0.15) is 5.10 Å². The summed E-state index contributed by atoms with van der Waals surface area (Å²) in [5.74, 6) is 0. The van der Waals surface area contributed by atoms with Gasteiger partial charge in [0, 0.05) is 22.8 Å². The van der Waals surface area contributed by atoms with Crippen LogP contribution in [0.2, 0.25) is 5.02 Å². The van der Waals surface area contributed by atoms with Gasteiger partial charge in [-0.1, -0.05) is 30.7 Å². The van der Waals surface area contributed by atoms with Crippen molar-refractivity contribution in [3.8, 4) is 11.3 Å². The Kier molecular flexibility index (Phi) is 3.38. The summed E-state index contributed by atoms with van der Waals surface area (Å²) >= 11 is 5.86. The second-order valence-electron chi connectivity index (χ2n) is 4.18. The van der Waals surface area contributed by atoms with Crippen LogP contribution in [-0.4, -0.2) is 9.78 Å². The highest BCUT2D eigenvalue weighted by atomic mass is 35.5. The van der Waals surface area contributed by atoms with Gasteiger partial charge in [0.15, 0.2) is 0 Å². The number of aromatic nitrogens is 2. The van der Waals surface area contributed by atoms with Crippen molar-refractivity contribution >= 4 is 17.3 Å². The number of halogens is 1. The molecule has 1 aromatic carbocycles. The summed E-state index contributed by atoms with van der Waals surface area (Å²) in [6.45, 7) is 4.25. The molecule has 17 heavy (non-hydrogen) atoms. The zero-order valence-corrected chi connectivity index (χ0v) is 10.8. The van der Waals surface area contributed by atoms with Crippen molar-refractivity contribution in [2.75, 3.05) is 5.73 Å². The van der Waals surface area contributed by atoms with Gasteiger partial charge >= 0.3 is 0 Å². The van der Waals surface area contributed by atoms with E-state index in [-0.39, 0.29) is 0 Å². The highest BCUT2D eigenvalue weighted by Crippen LogP contribution is 2.26. The first-order valence-corrected chi connectivity index (χ1v) is 6.10. The second-order valence-corrected chi connectivity index (χ2v) is 4.61. The molecule has 1 unspecified atom stereocenters. The Morgan fingerprint density at radius 3 is 2.59 bits per heavy atom. The van der Waals surface area contributed by atoms with Crippen LogP contribution in [-0.2, 0) is 0 Å². The van der Waals surface area contributed by atoms with Gasteiger partial charge in [0.05, 0.1) is 5.69 Å². The third-order valence-corrected chi connectivity index (χ3v) is 3.17. The average molecular weight is 250 g/mol. The van der Waals surface area contributed by atoms with Crippen LogP contribution in [0.5, 0.6) is 0 Å². The van der Waals surface area contributed by atoms with E-state index in [0.717, 1.165) is 17.7 Å². The van der Waals surface area contributed by atoms with Crippen LogP contribution in [0.15, 0.2) is 30.5 Å². The zero-order valence-electron chi connectivity index (χ0n) is 10.0. The standard InChI is InChI=1S/C13H16ClN3/c1-3-9(2)17-8-12(15)13(16-17)10-4-6-11(14)7-5-10/h4-9H,3,15H2,1-2H3. The fourth-order valence-electron chi connectivity index (χ4n) is 1.65. The van der Waals surface area contributed by atoms with E-state index in [1.54, 1.807) is 0 Å². The monoisotopic (exact) mass is 249 g/mol.